The Kier molecular flexibility index (Phi) is 1.58. The standard InChI is InChI=1S/C5H7NO4/c1-10-5(9)3-2(6-3)4(7)8/h2-3,6H,1H3,(H,7,8)/t2-,3+/m0/s1. The van der Waals surface area contributed by atoms with Crippen LogP contribution in [0.3, 0.4) is 0 Å². The van der Waals surface area contributed by atoms with Crippen LogP contribution in [0.4, 0.5) is 0 Å². The van der Waals surface area contributed by atoms with E-state index in [1.165, 1.54) is 7.11 Å². The summed E-state index contributed by atoms with van der Waals surface area (Å²) < 4.78 is 4.29. The monoisotopic (exact) mass is 145 g/mol. The average molecular weight is 145 g/mol. The maximum Gasteiger partial charge on any atom is 0.325 e. The molecule has 2 N–H and O–H groups in total. The number of rotatable bonds is 2. The van der Waals surface area contributed by atoms with Gasteiger partial charge in [0.1, 0.15) is 12.1 Å². The van der Waals surface area contributed by atoms with Crippen LogP contribution in [-0.4, -0.2) is 36.2 Å². The zero-order valence-corrected chi connectivity index (χ0v) is 5.33. The van der Waals surface area contributed by atoms with Gasteiger partial charge in [-0.25, -0.2) is 0 Å². The number of nitrogens with one attached hydrogen (secondary N) is 1. The molecule has 0 aromatic rings. The molecule has 0 radical (unpaired) electrons. The minimum Gasteiger partial charge on any atom is -0.480 e. The lowest BCUT2D eigenvalue weighted by Crippen LogP contribution is -2.16. The summed E-state index contributed by atoms with van der Waals surface area (Å²) in [5.74, 6) is -1.54. The average Bonchev–Trinajstić information content (AvgIpc) is 2.64. The molecule has 2 atom stereocenters. The minimum atomic E-state index is -1.02. The van der Waals surface area contributed by atoms with Gasteiger partial charge < -0.3 is 9.84 Å². The number of hydrogen-bond donors (Lipinski definition) is 2. The summed E-state index contributed by atoms with van der Waals surface area (Å²) in [6, 6.07) is -1.38. The fourth-order valence-electron chi connectivity index (χ4n) is 0.683. The van der Waals surface area contributed by atoms with Crippen molar-refractivity contribution in [2.75, 3.05) is 7.11 Å². The van der Waals surface area contributed by atoms with E-state index in [4.69, 9.17) is 5.11 Å². The molecule has 1 aliphatic rings. The quantitative estimate of drug-likeness (QED) is 0.368. The normalized spacial score (nSPS) is 29.3. The summed E-state index contributed by atoms with van der Waals surface area (Å²) in [5.41, 5.74) is 0. The Bertz CT molecular complexity index is 178. The lowest BCUT2D eigenvalue weighted by molar-refractivity contribution is -0.143. The van der Waals surface area contributed by atoms with Crippen LogP contribution in [-0.2, 0) is 14.3 Å². The highest BCUT2D eigenvalue weighted by Gasteiger charge is 2.48. The van der Waals surface area contributed by atoms with Gasteiger partial charge in [0.25, 0.3) is 0 Å². The highest BCUT2D eigenvalue weighted by molar-refractivity contribution is 5.91. The Morgan fingerprint density at radius 2 is 2.10 bits per heavy atom. The highest BCUT2D eigenvalue weighted by Crippen LogP contribution is 2.11. The SMILES string of the molecule is COC(=O)[C@@H]1N[C@@H]1C(=O)O. The second-order valence-electron chi connectivity index (χ2n) is 1.98. The largest absolute Gasteiger partial charge is 0.480 e. The van der Waals surface area contributed by atoms with Crippen LogP contribution in [0.1, 0.15) is 0 Å². The van der Waals surface area contributed by atoms with Gasteiger partial charge in [-0.15, -0.1) is 0 Å². The maximum absolute atomic E-state index is 10.5. The third-order valence-corrected chi connectivity index (χ3v) is 1.30. The molecule has 10 heavy (non-hydrogen) atoms. The highest BCUT2D eigenvalue weighted by atomic mass is 16.5. The van der Waals surface area contributed by atoms with Crippen molar-refractivity contribution in [3.63, 3.8) is 0 Å². The molecule has 0 spiro atoms. The zero-order chi connectivity index (χ0) is 7.72. The van der Waals surface area contributed by atoms with E-state index in [-0.39, 0.29) is 0 Å². The molecular formula is C5H7NO4. The van der Waals surface area contributed by atoms with Crippen LogP contribution in [0, 0.1) is 0 Å². The van der Waals surface area contributed by atoms with Crippen LogP contribution in [0.5, 0.6) is 0 Å². The van der Waals surface area contributed by atoms with Gasteiger partial charge in [0.15, 0.2) is 0 Å². The second kappa shape index (κ2) is 2.26. The van der Waals surface area contributed by atoms with Gasteiger partial charge in [-0.3, -0.25) is 14.9 Å². The summed E-state index contributed by atoms with van der Waals surface area (Å²) in [6.45, 7) is 0. The Morgan fingerprint density at radius 3 is 2.40 bits per heavy atom. The Morgan fingerprint density at radius 1 is 1.50 bits per heavy atom. The third-order valence-electron chi connectivity index (χ3n) is 1.30. The minimum absolute atomic E-state index is 0.521. The van der Waals surface area contributed by atoms with Crippen molar-refractivity contribution < 1.29 is 19.4 Å². The predicted molar refractivity (Wildman–Crippen MR) is 30.4 cm³/mol. The van der Waals surface area contributed by atoms with Crippen molar-refractivity contribution in [2.45, 2.75) is 12.1 Å². The van der Waals surface area contributed by atoms with E-state index < -0.39 is 24.0 Å². The molecule has 56 valence electrons. The van der Waals surface area contributed by atoms with Gasteiger partial charge in [-0.05, 0) is 0 Å². The fraction of sp³-hybridized carbons (Fsp3) is 0.600. The molecule has 0 amide bonds. The molecule has 5 heteroatoms. The smallest absolute Gasteiger partial charge is 0.325 e. The zero-order valence-electron chi connectivity index (χ0n) is 5.33. The molecule has 0 aliphatic carbocycles. The van der Waals surface area contributed by atoms with Crippen LogP contribution in [0.15, 0.2) is 0 Å². The molecule has 1 aliphatic heterocycles. The number of methoxy groups -OCH3 is 1. The van der Waals surface area contributed by atoms with E-state index in [0.717, 1.165) is 0 Å². The van der Waals surface area contributed by atoms with Crippen LogP contribution >= 0.6 is 0 Å². The first-order chi connectivity index (χ1) is 4.66. The lowest BCUT2D eigenvalue weighted by Gasteiger charge is -1.90. The van der Waals surface area contributed by atoms with E-state index in [2.05, 4.69) is 10.1 Å². The van der Waals surface area contributed by atoms with Crippen molar-refractivity contribution >= 4 is 11.9 Å². The van der Waals surface area contributed by atoms with Crippen molar-refractivity contribution in [1.82, 2.24) is 5.32 Å². The van der Waals surface area contributed by atoms with Gasteiger partial charge in [0.2, 0.25) is 0 Å². The van der Waals surface area contributed by atoms with E-state index in [0.29, 0.717) is 0 Å². The molecular weight excluding hydrogens is 138 g/mol. The van der Waals surface area contributed by atoms with Crippen molar-refractivity contribution in [1.29, 1.82) is 0 Å². The molecule has 0 aromatic carbocycles. The second-order valence-corrected chi connectivity index (χ2v) is 1.98. The first kappa shape index (κ1) is 7.01. The molecule has 1 fully saturated rings. The van der Waals surface area contributed by atoms with Crippen molar-refractivity contribution in [3.8, 4) is 0 Å². The molecule has 1 heterocycles. The van der Waals surface area contributed by atoms with Crippen LogP contribution in [0.2, 0.25) is 0 Å². The summed E-state index contributed by atoms with van der Waals surface area (Å²) in [6.07, 6.45) is 0. The Balaban J connectivity index is 2.38. The first-order valence-corrected chi connectivity index (χ1v) is 2.73. The molecule has 1 saturated heterocycles. The van der Waals surface area contributed by atoms with Gasteiger partial charge in [0.05, 0.1) is 7.11 Å². The van der Waals surface area contributed by atoms with Crippen LogP contribution in [0.25, 0.3) is 0 Å². The van der Waals surface area contributed by atoms with Crippen molar-refractivity contribution in [3.05, 3.63) is 0 Å². The van der Waals surface area contributed by atoms with E-state index in [1.54, 1.807) is 0 Å². The van der Waals surface area contributed by atoms with Gasteiger partial charge >= 0.3 is 11.9 Å². The maximum atomic E-state index is 10.5. The summed E-state index contributed by atoms with van der Waals surface area (Å²) in [7, 11) is 1.22. The number of hydrogen-bond acceptors (Lipinski definition) is 4. The van der Waals surface area contributed by atoms with Gasteiger partial charge in [0, 0.05) is 0 Å². The number of carbonyl (C=O) groups excluding carboxylic acids is 1. The first-order valence-electron chi connectivity index (χ1n) is 2.73. The number of carboxylic acid groups (broad SMARTS) is 1. The van der Waals surface area contributed by atoms with E-state index >= 15 is 0 Å². The number of aliphatic carboxylic acids is 1. The number of ether oxygens (including phenoxy) is 1. The summed E-state index contributed by atoms with van der Waals surface area (Å²) in [4.78, 5) is 20.7. The molecule has 0 saturated carbocycles. The molecule has 0 unspecified atom stereocenters. The van der Waals surface area contributed by atoms with E-state index in [1.807, 2.05) is 0 Å². The number of carbonyl (C=O) groups is 2. The van der Waals surface area contributed by atoms with Crippen molar-refractivity contribution in [2.24, 2.45) is 0 Å². The fourth-order valence-corrected chi connectivity index (χ4v) is 0.683. The van der Waals surface area contributed by atoms with Crippen LogP contribution < -0.4 is 5.32 Å². The summed E-state index contributed by atoms with van der Waals surface area (Å²) >= 11 is 0. The predicted octanol–water partition coefficient (Wildman–Crippen LogP) is -1.42. The van der Waals surface area contributed by atoms with Gasteiger partial charge in [-0.2, -0.15) is 0 Å². The Hall–Kier alpha value is -1.10. The lowest BCUT2D eigenvalue weighted by atomic mass is 10.3. The van der Waals surface area contributed by atoms with Gasteiger partial charge in [-0.1, -0.05) is 0 Å². The topological polar surface area (TPSA) is 85.5 Å². The summed E-state index contributed by atoms with van der Waals surface area (Å²) in [5, 5.41) is 10.7. The Labute approximate surface area is 57.0 Å². The molecule has 1 rings (SSSR count). The number of carboxylic acids is 1. The molecule has 0 bridgehead atoms. The number of esters is 1. The van der Waals surface area contributed by atoms with E-state index in [9.17, 15) is 9.59 Å². The molecule has 0 aromatic heterocycles. The third kappa shape index (κ3) is 1.08. The molecule has 5 nitrogen and oxygen atoms in total.